The molecule has 1 atom stereocenters. The summed E-state index contributed by atoms with van der Waals surface area (Å²) in [6, 6.07) is 17.6. The molecule has 1 aliphatic heterocycles. The Labute approximate surface area is 171 Å². The fourth-order valence-corrected chi connectivity index (χ4v) is 3.92. The minimum absolute atomic E-state index is 0.0140. The van der Waals surface area contributed by atoms with Crippen molar-refractivity contribution in [3.8, 4) is 17.1 Å². The Kier molecular flexibility index (Phi) is 5.56. The van der Waals surface area contributed by atoms with E-state index < -0.39 is 0 Å². The van der Waals surface area contributed by atoms with E-state index >= 15 is 0 Å². The molecular formula is C24H25N3O2. The van der Waals surface area contributed by atoms with Crippen LogP contribution < -0.4 is 4.74 Å². The second kappa shape index (κ2) is 8.43. The van der Waals surface area contributed by atoms with Crippen LogP contribution in [0.2, 0.25) is 0 Å². The topological polar surface area (TPSA) is 55.3 Å². The predicted octanol–water partition coefficient (Wildman–Crippen LogP) is 4.48. The third kappa shape index (κ3) is 4.14. The highest BCUT2D eigenvalue weighted by Gasteiger charge is 2.28. The summed E-state index contributed by atoms with van der Waals surface area (Å²) in [7, 11) is 1.60. The Balaban J connectivity index is 1.56. The summed E-state index contributed by atoms with van der Waals surface area (Å²) in [6.07, 6.45) is 3.79. The first-order valence-corrected chi connectivity index (χ1v) is 9.98. The first-order valence-electron chi connectivity index (χ1n) is 9.98. The van der Waals surface area contributed by atoms with Crippen molar-refractivity contribution in [3.05, 3.63) is 77.6 Å². The number of para-hydroxylation sites is 1. The minimum Gasteiger partial charge on any atom is -0.496 e. The average Bonchev–Trinajstić information content (AvgIpc) is 2.79. The van der Waals surface area contributed by atoms with Crippen molar-refractivity contribution >= 4 is 5.91 Å². The van der Waals surface area contributed by atoms with Gasteiger partial charge in [-0.2, -0.15) is 0 Å². The number of piperidine rings is 1. The van der Waals surface area contributed by atoms with Crippen LogP contribution in [0.25, 0.3) is 11.4 Å². The van der Waals surface area contributed by atoms with Crippen molar-refractivity contribution in [2.45, 2.75) is 25.7 Å². The van der Waals surface area contributed by atoms with Gasteiger partial charge in [-0.05, 0) is 44.0 Å². The number of benzene rings is 2. The van der Waals surface area contributed by atoms with Crippen LogP contribution in [0.15, 0.2) is 60.8 Å². The molecule has 0 saturated carbocycles. The van der Waals surface area contributed by atoms with E-state index in [0.717, 1.165) is 36.5 Å². The van der Waals surface area contributed by atoms with Gasteiger partial charge in [0.1, 0.15) is 5.75 Å². The first kappa shape index (κ1) is 19.1. The molecule has 0 bridgehead atoms. The minimum atomic E-state index is 0.0140. The third-order valence-corrected chi connectivity index (χ3v) is 5.42. The SMILES string of the molecule is COc1ccccc1C(=O)N1CCC[C@H](c2ccnc(-c3cccc(C)c3)n2)C1. The first-order chi connectivity index (χ1) is 14.2. The van der Waals surface area contributed by atoms with Gasteiger partial charge in [0.2, 0.25) is 0 Å². The Hall–Kier alpha value is -3.21. The molecule has 0 aliphatic carbocycles. The number of aromatic nitrogens is 2. The summed E-state index contributed by atoms with van der Waals surface area (Å²) < 4.78 is 5.37. The molecule has 1 fully saturated rings. The molecule has 0 N–H and O–H groups in total. The van der Waals surface area contributed by atoms with Gasteiger partial charge in [-0.15, -0.1) is 0 Å². The van der Waals surface area contributed by atoms with Crippen molar-refractivity contribution in [2.75, 3.05) is 20.2 Å². The van der Waals surface area contributed by atoms with Gasteiger partial charge in [0.15, 0.2) is 5.82 Å². The van der Waals surface area contributed by atoms with E-state index in [9.17, 15) is 4.79 Å². The smallest absolute Gasteiger partial charge is 0.257 e. The number of aryl methyl sites for hydroxylation is 1. The van der Waals surface area contributed by atoms with E-state index in [-0.39, 0.29) is 11.8 Å². The molecule has 2 heterocycles. The monoisotopic (exact) mass is 387 g/mol. The average molecular weight is 387 g/mol. The number of carbonyl (C=O) groups excluding carboxylic acids is 1. The van der Waals surface area contributed by atoms with Gasteiger partial charge in [0.25, 0.3) is 5.91 Å². The lowest BCUT2D eigenvalue weighted by Gasteiger charge is -2.33. The van der Waals surface area contributed by atoms with Gasteiger partial charge in [0.05, 0.1) is 12.7 Å². The number of carbonyl (C=O) groups is 1. The molecule has 5 heteroatoms. The Morgan fingerprint density at radius 2 is 2.00 bits per heavy atom. The summed E-state index contributed by atoms with van der Waals surface area (Å²) >= 11 is 0. The summed E-state index contributed by atoms with van der Waals surface area (Å²) in [5.41, 5.74) is 3.81. The number of likely N-dealkylation sites (tertiary alicyclic amines) is 1. The highest BCUT2D eigenvalue weighted by Crippen LogP contribution is 2.29. The molecular weight excluding hydrogens is 362 g/mol. The summed E-state index contributed by atoms with van der Waals surface area (Å²) in [4.78, 5) is 24.3. The summed E-state index contributed by atoms with van der Waals surface area (Å²) in [6.45, 7) is 3.47. The van der Waals surface area contributed by atoms with E-state index in [2.05, 4.69) is 24.0 Å². The second-order valence-corrected chi connectivity index (χ2v) is 7.47. The number of methoxy groups -OCH3 is 1. The molecule has 4 rings (SSSR count). The van der Waals surface area contributed by atoms with E-state index in [1.54, 1.807) is 7.11 Å². The summed E-state index contributed by atoms with van der Waals surface area (Å²) in [5.74, 6) is 1.57. The third-order valence-electron chi connectivity index (χ3n) is 5.42. The number of amides is 1. The standard InChI is InChI=1S/C24H25N3O2/c1-17-7-5-8-18(15-17)23-25-13-12-21(26-23)19-9-6-14-27(16-19)24(28)20-10-3-4-11-22(20)29-2/h3-5,7-8,10-13,15,19H,6,9,14,16H2,1-2H3/t19-/m0/s1. The maximum Gasteiger partial charge on any atom is 0.257 e. The van der Waals surface area contributed by atoms with Crippen LogP contribution in [0.5, 0.6) is 5.75 Å². The van der Waals surface area contributed by atoms with E-state index in [1.807, 2.05) is 53.6 Å². The number of rotatable bonds is 4. The molecule has 1 aliphatic rings. The molecule has 5 nitrogen and oxygen atoms in total. The van der Waals surface area contributed by atoms with Gasteiger partial charge in [-0.25, -0.2) is 9.97 Å². The highest BCUT2D eigenvalue weighted by molar-refractivity contribution is 5.97. The normalized spacial score (nSPS) is 16.5. The van der Waals surface area contributed by atoms with Gasteiger partial charge in [-0.1, -0.05) is 35.9 Å². The highest BCUT2D eigenvalue weighted by atomic mass is 16.5. The largest absolute Gasteiger partial charge is 0.496 e. The van der Waals surface area contributed by atoms with E-state index in [1.165, 1.54) is 5.56 Å². The predicted molar refractivity (Wildman–Crippen MR) is 113 cm³/mol. The molecule has 0 spiro atoms. The molecule has 29 heavy (non-hydrogen) atoms. The number of hydrogen-bond acceptors (Lipinski definition) is 4. The lowest BCUT2D eigenvalue weighted by molar-refractivity contribution is 0.0702. The van der Waals surface area contributed by atoms with Crippen LogP contribution in [0, 0.1) is 6.92 Å². The number of ether oxygens (including phenoxy) is 1. The fraction of sp³-hybridized carbons (Fsp3) is 0.292. The van der Waals surface area contributed by atoms with Crippen molar-refractivity contribution in [2.24, 2.45) is 0 Å². The summed E-state index contributed by atoms with van der Waals surface area (Å²) in [5, 5.41) is 0. The second-order valence-electron chi connectivity index (χ2n) is 7.47. The molecule has 1 amide bonds. The van der Waals surface area contributed by atoms with Crippen LogP contribution in [-0.4, -0.2) is 41.0 Å². The molecule has 2 aromatic carbocycles. The zero-order valence-corrected chi connectivity index (χ0v) is 16.8. The van der Waals surface area contributed by atoms with Crippen LogP contribution in [0.4, 0.5) is 0 Å². The van der Waals surface area contributed by atoms with Crippen molar-refractivity contribution in [1.82, 2.24) is 14.9 Å². The van der Waals surface area contributed by atoms with Gasteiger partial charge >= 0.3 is 0 Å². The van der Waals surface area contributed by atoms with Crippen LogP contribution in [0.1, 0.15) is 40.4 Å². The molecule has 3 aromatic rings. The van der Waals surface area contributed by atoms with Gasteiger partial charge < -0.3 is 9.64 Å². The lowest BCUT2D eigenvalue weighted by Crippen LogP contribution is -2.39. The molecule has 1 saturated heterocycles. The van der Waals surface area contributed by atoms with Crippen LogP contribution in [0.3, 0.4) is 0 Å². The zero-order valence-electron chi connectivity index (χ0n) is 16.8. The van der Waals surface area contributed by atoms with Crippen molar-refractivity contribution in [3.63, 3.8) is 0 Å². The molecule has 1 aromatic heterocycles. The maximum absolute atomic E-state index is 13.1. The Morgan fingerprint density at radius 1 is 1.14 bits per heavy atom. The van der Waals surface area contributed by atoms with E-state index in [0.29, 0.717) is 17.9 Å². The zero-order chi connectivity index (χ0) is 20.2. The lowest BCUT2D eigenvalue weighted by atomic mass is 9.94. The fourth-order valence-electron chi connectivity index (χ4n) is 3.92. The Bertz CT molecular complexity index is 1020. The Morgan fingerprint density at radius 3 is 2.83 bits per heavy atom. The maximum atomic E-state index is 13.1. The van der Waals surface area contributed by atoms with Gasteiger partial charge in [0, 0.05) is 36.5 Å². The molecule has 148 valence electrons. The quantitative estimate of drug-likeness (QED) is 0.662. The molecule has 0 radical (unpaired) electrons. The number of hydrogen-bond donors (Lipinski definition) is 0. The van der Waals surface area contributed by atoms with E-state index in [4.69, 9.17) is 9.72 Å². The molecule has 0 unspecified atom stereocenters. The van der Waals surface area contributed by atoms with Crippen molar-refractivity contribution < 1.29 is 9.53 Å². The van der Waals surface area contributed by atoms with Gasteiger partial charge in [-0.3, -0.25) is 4.79 Å². The van der Waals surface area contributed by atoms with Crippen molar-refractivity contribution in [1.29, 1.82) is 0 Å². The van der Waals surface area contributed by atoms with Crippen LogP contribution >= 0.6 is 0 Å². The van der Waals surface area contributed by atoms with Crippen LogP contribution in [-0.2, 0) is 0 Å². The number of nitrogens with zero attached hydrogens (tertiary/aromatic N) is 3.